The van der Waals surface area contributed by atoms with Crippen molar-refractivity contribution in [1.29, 1.82) is 0 Å². The van der Waals surface area contributed by atoms with Crippen LogP contribution in [0.25, 0.3) is 0 Å². The number of carbonyl (C=O) groups is 2. The average Bonchev–Trinajstić information content (AvgIpc) is 3.27. The molecule has 1 aliphatic rings. The van der Waals surface area contributed by atoms with Crippen molar-refractivity contribution in [3.8, 4) is 0 Å². The molecule has 0 radical (unpaired) electrons. The summed E-state index contributed by atoms with van der Waals surface area (Å²) in [7, 11) is 0. The summed E-state index contributed by atoms with van der Waals surface area (Å²) < 4.78 is 5.50. The van der Waals surface area contributed by atoms with Crippen molar-refractivity contribution in [3.05, 3.63) is 0 Å². The van der Waals surface area contributed by atoms with E-state index in [4.69, 9.17) is 4.74 Å². The second-order valence-electron chi connectivity index (χ2n) is 11.1. The molecule has 1 fully saturated rings. The van der Waals surface area contributed by atoms with E-state index >= 15 is 0 Å². The van der Waals surface area contributed by atoms with E-state index in [9.17, 15) is 14.7 Å². The van der Waals surface area contributed by atoms with Gasteiger partial charge in [-0.1, -0.05) is 136 Å². The number of ether oxygens (including phenoxy) is 1. The Labute approximate surface area is 223 Å². The molecule has 2 atom stereocenters. The lowest BCUT2D eigenvalue weighted by Gasteiger charge is -2.23. The van der Waals surface area contributed by atoms with Crippen molar-refractivity contribution in [2.24, 2.45) is 0 Å². The summed E-state index contributed by atoms with van der Waals surface area (Å²) in [5.41, 5.74) is 0. The number of hydrogen-bond acceptors (Lipinski definition) is 4. The summed E-state index contributed by atoms with van der Waals surface area (Å²) in [4.78, 5) is 26.9. The van der Waals surface area contributed by atoms with Crippen LogP contribution in [0.2, 0.25) is 0 Å². The highest BCUT2D eigenvalue weighted by atomic mass is 16.5. The minimum atomic E-state index is -0.624. The van der Waals surface area contributed by atoms with Gasteiger partial charge in [0, 0.05) is 19.4 Å². The fourth-order valence-electron chi connectivity index (χ4n) is 5.26. The number of hydrogen-bond donors (Lipinski definition) is 1. The average molecular weight is 510 g/mol. The lowest BCUT2D eigenvalue weighted by Crippen LogP contribution is -2.41. The van der Waals surface area contributed by atoms with E-state index in [0.29, 0.717) is 19.4 Å². The molecule has 0 unspecified atom stereocenters. The number of aliphatic hydroxyl groups is 1. The Morgan fingerprint density at radius 2 is 1.08 bits per heavy atom. The van der Waals surface area contributed by atoms with Crippen LogP contribution in [0, 0.1) is 0 Å². The van der Waals surface area contributed by atoms with Gasteiger partial charge < -0.3 is 14.7 Å². The zero-order valence-corrected chi connectivity index (χ0v) is 24.0. The summed E-state index contributed by atoms with van der Waals surface area (Å²) >= 11 is 0. The molecular weight excluding hydrogens is 450 g/mol. The van der Waals surface area contributed by atoms with E-state index < -0.39 is 12.1 Å². The molecular formula is C31H59NO4. The lowest BCUT2D eigenvalue weighted by molar-refractivity contribution is -0.153. The number of aliphatic hydroxyl groups excluding tert-OH is 1. The van der Waals surface area contributed by atoms with E-state index in [1.807, 2.05) is 0 Å². The third kappa shape index (κ3) is 16.6. The van der Waals surface area contributed by atoms with Gasteiger partial charge in [-0.25, -0.2) is 4.79 Å². The van der Waals surface area contributed by atoms with Gasteiger partial charge in [0.1, 0.15) is 6.04 Å². The number of amides is 1. The minimum Gasteiger partial charge on any atom is -0.464 e. The van der Waals surface area contributed by atoms with Crippen LogP contribution in [0.1, 0.15) is 162 Å². The molecule has 0 aliphatic carbocycles. The van der Waals surface area contributed by atoms with Gasteiger partial charge in [0.05, 0.1) is 12.7 Å². The van der Waals surface area contributed by atoms with Gasteiger partial charge in [-0.15, -0.1) is 0 Å². The second kappa shape index (κ2) is 23.0. The first-order valence-corrected chi connectivity index (χ1v) is 15.7. The quantitative estimate of drug-likeness (QED) is 0.105. The fraction of sp³-hybridized carbons (Fsp3) is 0.935. The van der Waals surface area contributed by atoms with Crippen LogP contribution in [-0.4, -0.2) is 47.2 Å². The number of rotatable bonds is 24. The molecule has 5 heteroatoms. The molecule has 0 bridgehead atoms. The zero-order valence-electron chi connectivity index (χ0n) is 24.0. The summed E-state index contributed by atoms with van der Waals surface area (Å²) in [5.74, 6) is -0.350. The van der Waals surface area contributed by atoms with Gasteiger partial charge in [-0.05, 0) is 12.8 Å². The van der Waals surface area contributed by atoms with Gasteiger partial charge in [-0.3, -0.25) is 4.79 Å². The van der Waals surface area contributed by atoms with Crippen LogP contribution in [-0.2, 0) is 14.3 Å². The van der Waals surface area contributed by atoms with E-state index in [0.717, 1.165) is 25.7 Å². The third-order valence-electron chi connectivity index (χ3n) is 7.61. The third-order valence-corrected chi connectivity index (χ3v) is 7.61. The van der Waals surface area contributed by atoms with Crippen LogP contribution in [0.5, 0.6) is 0 Å². The lowest BCUT2D eigenvalue weighted by atomic mass is 10.1. The maximum Gasteiger partial charge on any atom is 0.328 e. The number of carbonyl (C=O) groups excluding carboxylic acids is 2. The van der Waals surface area contributed by atoms with Crippen molar-refractivity contribution in [2.45, 2.75) is 174 Å². The Balaban J connectivity index is 2.07. The topological polar surface area (TPSA) is 66.8 Å². The smallest absolute Gasteiger partial charge is 0.328 e. The maximum absolute atomic E-state index is 12.7. The Bertz CT molecular complexity index is 539. The molecule has 1 N–H and O–H groups in total. The highest BCUT2D eigenvalue weighted by Crippen LogP contribution is 2.22. The predicted octanol–water partition coefficient (Wildman–Crippen LogP) is 8.11. The molecule has 36 heavy (non-hydrogen) atoms. The molecule has 0 spiro atoms. The highest BCUT2D eigenvalue weighted by Gasteiger charge is 2.39. The van der Waals surface area contributed by atoms with Crippen molar-refractivity contribution in [3.63, 3.8) is 0 Å². The van der Waals surface area contributed by atoms with Crippen molar-refractivity contribution < 1.29 is 19.4 Å². The molecule has 1 heterocycles. The largest absolute Gasteiger partial charge is 0.464 e. The van der Waals surface area contributed by atoms with Crippen LogP contribution in [0.15, 0.2) is 0 Å². The summed E-state index contributed by atoms with van der Waals surface area (Å²) in [6, 6.07) is -0.608. The van der Waals surface area contributed by atoms with Gasteiger partial charge >= 0.3 is 5.97 Å². The van der Waals surface area contributed by atoms with Gasteiger partial charge in [0.2, 0.25) is 5.91 Å². The molecule has 1 rings (SSSR count). The molecule has 0 saturated carbocycles. The predicted molar refractivity (Wildman–Crippen MR) is 150 cm³/mol. The number of unbranched alkanes of at least 4 members (excludes halogenated alkanes) is 19. The van der Waals surface area contributed by atoms with Gasteiger partial charge in [0.25, 0.3) is 0 Å². The molecule has 5 nitrogen and oxygen atoms in total. The van der Waals surface area contributed by atoms with E-state index in [-0.39, 0.29) is 18.4 Å². The maximum atomic E-state index is 12.7. The van der Waals surface area contributed by atoms with Crippen LogP contribution in [0.3, 0.4) is 0 Å². The normalized spacial score (nSPS) is 17.6. The number of likely N-dealkylation sites (tertiary alicyclic amines) is 1. The van der Waals surface area contributed by atoms with Crippen LogP contribution in [0.4, 0.5) is 0 Å². The van der Waals surface area contributed by atoms with Crippen LogP contribution < -0.4 is 0 Å². The van der Waals surface area contributed by atoms with Crippen molar-refractivity contribution in [2.75, 3.05) is 13.2 Å². The van der Waals surface area contributed by atoms with Crippen molar-refractivity contribution in [1.82, 2.24) is 4.90 Å². The van der Waals surface area contributed by atoms with E-state index in [1.165, 1.54) is 109 Å². The molecule has 0 aromatic rings. The first-order chi connectivity index (χ1) is 17.6. The van der Waals surface area contributed by atoms with E-state index in [1.54, 1.807) is 4.90 Å². The SMILES string of the molecule is CCCCCCCCCCCCCCOC(=O)[C@@H]1C[C@@H](O)CN1C(=O)CCCCCCCCCCC. The second-order valence-corrected chi connectivity index (χ2v) is 11.1. The first kappa shape index (κ1) is 32.9. The molecule has 1 amide bonds. The Kier molecular flexibility index (Phi) is 21.1. The molecule has 0 aromatic carbocycles. The summed E-state index contributed by atoms with van der Waals surface area (Å²) in [6.07, 6.45) is 26.3. The number of β-amino-alcohol motifs (C(OH)–C–C–N with tert-alkyl or cyclic N) is 1. The van der Waals surface area contributed by atoms with Gasteiger partial charge in [-0.2, -0.15) is 0 Å². The Morgan fingerprint density at radius 1 is 0.667 bits per heavy atom. The van der Waals surface area contributed by atoms with Gasteiger partial charge in [0.15, 0.2) is 0 Å². The van der Waals surface area contributed by atoms with E-state index in [2.05, 4.69) is 13.8 Å². The van der Waals surface area contributed by atoms with Crippen LogP contribution >= 0.6 is 0 Å². The fourth-order valence-corrected chi connectivity index (χ4v) is 5.26. The highest BCUT2D eigenvalue weighted by molar-refractivity contribution is 5.85. The Morgan fingerprint density at radius 3 is 1.56 bits per heavy atom. The molecule has 1 aliphatic heterocycles. The number of esters is 1. The minimum absolute atomic E-state index is 0.0122. The Hall–Kier alpha value is -1.10. The van der Waals surface area contributed by atoms with Crippen molar-refractivity contribution >= 4 is 11.9 Å². The molecule has 1 saturated heterocycles. The summed E-state index contributed by atoms with van der Waals surface area (Å²) in [6.45, 7) is 5.17. The molecule has 212 valence electrons. The number of nitrogens with zero attached hydrogens (tertiary/aromatic N) is 1. The zero-order chi connectivity index (χ0) is 26.3. The first-order valence-electron chi connectivity index (χ1n) is 15.7. The molecule has 0 aromatic heterocycles. The standard InChI is InChI=1S/C31H59NO4/c1-3-5-7-9-11-13-14-15-17-19-21-23-25-36-31(35)29-26-28(33)27-32(29)30(34)24-22-20-18-16-12-10-8-6-4-2/h28-29,33H,3-27H2,1-2H3/t28-,29+/m1/s1. The monoisotopic (exact) mass is 509 g/mol. The summed E-state index contributed by atoms with van der Waals surface area (Å²) in [5, 5.41) is 10.1.